The minimum atomic E-state index is -1.94. The van der Waals surface area contributed by atoms with E-state index in [4.69, 9.17) is 14.3 Å². The Labute approximate surface area is 131 Å². The predicted octanol–water partition coefficient (Wildman–Crippen LogP) is 4.38. The topological polar surface area (TPSA) is 38.7 Å². The molecule has 0 saturated carbocycles. The van der Waals surface area contributed by atoms with Gasteiger partial charge in [-0.25, -0.2) is 0 Å². The third kappa shape index (κ3) is 3.77. The Morgan fingerprint density at radius 3 is 2.30 bits per heavy atom. The van der Waals surface area contributed by atoms with Crippen LogP contribution in [0, 0.1) is 0 Å². The number of halogens is 1. The van der Waals surface area contributed by atoms with Crippen LogP contribution in [0.5, 0.6) is 11.5 Å². The largest absolute Gasteiger partial charge is 0.540 e. The van der Waals surface area contributed by atoms with Gasteiger partial charge in [-0.05, 0) is 52.1 Å². The zero-order chi connectivity index (χ0) is 15.6. The highest BCUT2D eigenvalue weighted by atomic mass is 79.9. The Balaban J connectivity index is 3.25. The number of rotatable bonds is 5. The fourth-order valence-corrected chi connectivity index (χ4v) is 3.33. The molecule has 0 aliphatic carbocycles. The highest BCUT2D eigenvalue weighted by Gasteiger charge is 2.40. The summed E-state index contributed by atoms with van der Waals surface area (Å²) in [5.41, 5.74) is 1.03. The maximum atomic E-state index is 9.14. The van der Waals surface area contributed by atoms with Crippen molar-refractivity contribution in [3.05, 3.63) is 22.2 Å². The van der Waals surface area contributed by atoms with Gasteiger partial charge in [0.05, 0.1) is 11.6 Å². The van der Waals surface area contributed by atoms with E-state index in [-0.39, 0.29) is 11.6 Å². The van der Waals surface area contributed by atoms with Crippen LogP contribution < -0.4 is 9.16 Å². The lowest BCUT2D eigenvalue weighted by atomic mass is 10.1. The smallest absolute Gasteiger partial charge is 0.250 e. The summed E-state index contributed by atoms with van der Waals surface area (Å²) in [6.07, 6.45) is 0.596. The number of ether oxygens (including phenoxy) is 1. The molecule has 0 unspecified atom stereocenters. The first-order valence-electron chi connectivity index (χ1n) is 6.79. The van der Waals surface area contributed by atoms with Crippen LogP contribution in [0.4, 0.5) is 0 Å². The molecule has 0 radical (unpaired) electrons. The van der Waals surface area contributed by atoms with E-state index in [1.807, 2.05) is 12.1 Å². The van der Waals surface area contributed by atoms with Crippen molar-refractivity contribution in [3.8, 4) is 11.5 Å². The first-order valence-corrected chi connectivity index (χ1v) is 10.5. The normalized spacial score (nSPS) is 12.4. The Morgan fingerprint density at radius 2 is 1.85 bits per heavy atom. The van der Waals surface area contributed by atoms with Crippen LogP contribution in [0.2, 0.25) is 18.1 Å². The van der Waals surface area contributed by atoms with E-state index in [2.05, 4.69) is 49.8 Å². The molecule has 1 N–H and O–H groups in total. The number of benzene rings is 1. The minimum absolute atomic E-state index is 0.116. The Bertz CT molecular complexity index is 467. The Hall–Kier alpha value is -0.523. The maximum absolute atomic E-state index is 9.14. The summed E-state index contributed by atoms with van der Waals surface area (Å²) >= 11 is 3.60. The average Bonchev–Trinajstić information content (AvgIpc) is 2.33. The van der Waals surface area contributed by atoms with Gasteiger partial charge in [0.15, 0.2) is 11.5 Å². The van der Waals surface area contributed by atoms with Crippen LogP contribution in [0.3, 0.4) is 0 Å². The number of aliphatic hydroxyl groups is 1. The SMILES string of the molecule is COc1ccc(CCO)c(Br)c1O[Si](C)(C)C(C)(C)C. The monoisotopic (exact) mass is 360 g/mol. The number of hydrogen-bond donors (Lipinski definition) is 1. The van der Waals surface area contributed by atoms with Gasteiger partial charge in [0.25, 0.3) is 8.32 Å². The molecule has 0 aromatic heterocycles. The van der Waals surface area contributed by atoms with Gasteiger partial charge >= 0.3 is 0 Å². The van der Waals surface area contributed by atoms with Crippen LogP contribution >= 0.6 is 15.9 Å². The lowest BCUT2D eigenvalue weighted by Gasteiger charge is -2.37. The van der Waals surface area contributed by atoms with Gasteiger partial charge in [0.1, 0.15) is 0 Å². The minimum Gasteiger partial charge on any atom is -0.540 e. The molecule has 0 spiro atoms. The third-order valence-corrected chi connectivity index (χ3v) is 9.10. The summed E-state index contributed by atoms with van der Waals surface area (Å²) < 4.78 is 12.7. The second-order valence-corrected chi connectivity index (χ2v) is 11.9. The van der Waals surface area contributed by atoms with Gasteiger partial charge in [-0.2, -0.15) is 0 Å². The van der Waals surface area contributed by atoms with E-state index in [0.717, 1.165) is 21.5 Å². The molecule has 0 aliphatic heterocycles. The first kappa shape index (κ1) is 17.5. The molecule has 0 atom stereocenters. The predicted molar refractivity (Wildman–Crippen MR) is 89.3 cm³/mol. The van der Waals surface area contributed by atoms with Crippen molar-refractivity contribution in [3.63, 3.8) is 0 Å². The molecule has 3 nitrogen and oxygen atoms in total. The van der Waals surface area contributed by atoms with Crippen molar-refractivity contribution in [2.75, 3.05) is 13.7 Å². The lowest BCUT2D eigenvalue weighted by Crippen LogP contribution is -2.44. The third-order valence-electron chi connectivity index (χ3n) is 3.91. The van der Waals surface area contributed by atoms with Crippen LogP contribution in [0.15, 0.2) is 16.6 Å². The van der Waals surface area contributed by atoms with Crippen molar-refractivity contribution in [1.29, 1.82) is 0 Å². The van der Waals surface area contributed by atoms with E-state index in [1.165, 1.54) is 0 Å². The zero-order valence-corrected chi connectivity index (χ0v) is 15.8. The van der Waals surface area contributed by atoms with E-state index in [0.29, 0.717) is 6.42 Å². The molecule has 0 fully saturated rings. The number of methoxy groups -OCH3 is 1. The summed E-state index contributed by atoms with van der Waals surface area (Å²) in [4.78, 5) is 0. The second-order valence-electron chi connectivity index (χ2n) is 6.41. The average molecular weight is 361 g/mol. The quantitative estimate of drug-likeness (QED) is 0.791. The van der Waals surface area contributed by atoms with Gasteiger partial charge in [0.2, 0.25) is 0 Å². The highest BCUT2D eigenvalue weighted by molar-refractivity contribution is 9.10. The van der Waals surface area contributed by atoms with Crippen molar-refractivity contribution >= 4 is 24.2 Å². The molecule has 0 aliphatic rings. The van der Waals surface area contributed by atoms with Crippen LogP contribution in [-0.2, 0) is 6.42 Å². The molecule has 1 aromatic rings. The van der Waals surface area contributed by atoms with E-state index >= 15 is 0 Å². The standard InChI is InChI=1S/C15H25BrO3Si/c1-15(2,3)20(5,6)19-14-12(18-4)8-7-11(9-10-17)13(14)16/h7-8,17H,9-10H2,1-6H3. The fourth-order valence-electron chi connectivity index (χ4n) is 1.56. The summed E-state index contributed by atoms with van der Waals surface area (Å²) in [6, 6.07) is 3.86. The van der Waals surface area contributed by atoms with Gasteiger partial charge in [-0.1, -0.05) is 26.8 Å². The summed E-state index contributed by atoms with van der Waals surface area (Å²) in [5.74, 6) is 1.48. The van der Waals surface area contributed by atoms with Crippen LogP contribution in [0.25, 0.3) is 0 Å². The second kappa shape index (κ2) is 6.50. The Kier molecular flexibility index (Phi) is 5.69. The highest BCUT2D eigenvalue weighted by Crippen LogP contribution is 2.44. The van der Waals surface area contributed by atoms with E-state index in [9.17, 15) is 0 Å². The molecule has 5 heteroatoms. The number of hydrogen-bond acceptors (Lipinski definition) is 3. The molecular weight excluding hydrogens is 336 g/mol. The van der Waals surface area contributed by atoms with Crippen molar-refractivity contribution in [2.24, 2.45) is 0 Å². The maximum Gasteiger partial charge on any atom is 0.250 e. The first-order chi connectivity index (χ1) is 9.14. The number of aliphatic hydroxyl groups excluding tert-OH is 1. The van der Waals surface area contributed by atoms with Crippen molar-refractivity contribution in [2.45, 2.75) is 45.3 Å². The van der Waals surface area contributed by atoms with E-state index in [1.54, 1.807) is 7.11 Å². The van der Waals surface area contributed by atoms with Crippen LogP contribution in [0.1, 0.15) is 26.3 Å². The molecule has 0 saturated heterocycles. The summed E-state index contributed by atoms with van der Waals surface area (Å²) in [7, 11) is -0.298. The van der Waals surface area contributed by atoms with Gasteiger partial charge in [-0.3, -0.25) is 0 Å². The van der Waals surface area contributed by atoms with Crippen molar-refractivity contribution < 1.29 is 14.3 Å². The molecular formula is C15H25BrO3Si. The molecule has 1 rings (SSSR count). The molecule has 20 heavy (non-hydrogen) atoms. The molecule has 1 aromatic carbocycles. The fraction of sp³-hybridized carbons (Fsp3) is 0.600. The van der Waals surface area contributed by atoms with Crippen molar-refractivity contribution in [1.82, 2.24) is 0 Å². The molecule has 0 amide bonds. The van der Waals surface area contributed by atoms with Gasteiger partial charge in [-0.15, -0.1) is 0 Å². The zero-order valence-electron chi connectivity index (χ0n) is 13.2. The van der Waals surface area contributed by atoms with Gasteiger partial charge < -0.3 is 14.3 Å². The Morgan fingerprint density at radius 1 is 1.25 bits per heavy atom. The van der Waals surface area contributed by atoms with E-state index < -0.39 is 8.32 Å². The van der Waals surface area contributed by atoms with Gasteiger partial charge in [0, 0.05) is 6.61 Å². The van der Waals surface area contributed by atoms with Crippen LogP contribution in [-0.4, -0.2) is 27.1 Å². The molecule has 0 heterocycles. The molecule has 114 valence electrons. The molecule has 0 bridgehead atoms. The lowest BCUT2D eigenvalue weighted by molar-refractivity contribution is 0.299. The summed E-state index contributed by atoms with van der Waals surface area (Å²) in [6.45, 7) is 11.1. The summed E-state index contributed by atoms with van der Waals surface area (Å²) in [5, 5.41) is 9.25.